The second kappa shape index (κ2) is 4.66. The van der Waals surface area contributed by atoms with Crippen LogP contribution in [0.15, 0.2) is 41.9 Å². The number of carbonyl (C=O) groups is 1. The molecular formula is C13H9N3O2S. The van der Waals surface area contributed by atoms with Crippen molar-refractivity contribution in [1.82, 2.24) is 9.97 Å². The first-order valence-electron chi connectivity index (χ1n) is 5.53. The van der Waals surface area contributed by atoms with E-state index in [-0.39, 0.29) is 5.69 Å². The lowest BCUT2D eigenvalue weighted by molar-refractivity contribution is 0.0691. The maximum Gasteiger partial charge on any atom is 0.355 e. The molecule has 6 heteroatoms. The molecule has 0 saturated carbocycles. The van der Waals surface area contributed by atoms with Gasteiger partial charge in [0, 0.05) is 22.7 Å². The number of carboxylic acids is 1. The average Bonchev–Trinajstić information content (AvgIpc) is 2.88. The predicted molar refractivity (Wildman–Crippen MR) is 74.1 cm³/mol. The smallest absolute Gasteiger partial charge is 0.355 e. The van der Waals surface area contributed by atoms with Crippen molar-refractivity contribution >= 4 is 39.0 Å². The largest absolute Gasteiger partial charge is 0.476 e. The van der Waals surface area contributed by atoms with E-state index >= 15 is 0 Å². The first kappa shape index (κ1) is 11.6. The van der Waals surface area contributed by atoms with Crippen molar-refractivity contribution in [2.75, 3.05) is 5.32 Å². The lowest BCUT2D eigenvalue weighted by atomic mass is 10.2. The summed E-state index contributed by atoms with van der Waals surface area (Å²) in [5, 5.41) is 15.0. The topological polar surface area (TPSA) is 75.1 Å². The summed E-state index contributed by atoms with van der Waals surface area (Å²) < 4.78 is 0. The van der Waals surface area contributed by atoms with Crippen LogP contribution in [0.5, 0.6) is 0 Å². The van der Waals surface area contributed by atoms with E-state index in [1.807, 2.05) is 30.3 Å². The van der Waals surface area contributed by atoms with Crippen LogP contribution in [0.2, 0.25) is 0 Å². The highest BCUT2D eigenvalue weighted by atomic mass is 32.1. The number of hydrogen-bond acceptors (Lipinski definition) is 5. The molecule has 19 heavy (non-hydrogen) atoms. The molecule has 0 bridgehead atoms. The van der Waals surface area contributed by atoms with Crippen molar-refractivity contribution in [3.8, 4) is 0 Å². The van der Waals surface area contributed by atoms with Crippen LogP contribution >= 0.6 is 11.3 Å². The minimum Gasteiger partial charge on any atom is -0.476 e. The number of aromatic nitrogens is 2. The van der Waals surface area contributed by atoms with Crippen molar-refractivity contribution in [2.45, 2.75) is 0 Å². The summed E-state index contributed by atoms with van der Waals surface area (Å²) in [4.78, 5) is 19.1. The summed E-state index contributed by atoms with van der Waals surface area (Å²) in [5.41, 5.74) is 1.78. The predicted octanol–water partition coefficient (Wildman–Crippen LogP) is 3.13. The van der Waals surface area contributed by atoms with E-state index in [0.29, 0.717) is 5.13 Å². The summed E-state index contributed by atoms with van der Waals surface area (Å²) >= 11 is 1.26. The molecule has 0 amide bonds. The molecule has 0 aliphatic rings. The van der Waals surface area contributed by atoms with Crippen LogP contribution in [-0.4, -0.2) is 21.0 Å². The van der Waals surface area contributed by atoms with E-state index in [0.717, 1.165) is 16.6 Å². The third-order valence-corrected chi connectivity index (χ3v) is 3.37. The fourth-order valence-electron chi connectivity index (χ4n) is 1.76. The summed E-state index contributed by atoms with van der Waals surface area (Å²) in [6, 6.07) is 9.54. The monoisotopic (exact) mass is 271 g/mol. The van der Waals surface area contributed by atoms with Gasteiger partial charge in [-0.15, -0.1) is 11.3 Å². The molecule has 0 aliphatic carbocycles. The summed E-state index contributed by atoms with van der Waals surface area (Å²) in [6.45, 7) is 0. The highest BCUT2D eigenvalue weighted by molar-refractivity contribution is 7.14. The second-order valence-corrected chi connectivity index (χ2v) is 4.70. The highest BCUT2D eigenvalue weighted by Gasteiger charge is 2.09. The lowest BCUT2D eigenvalue weighted by Crippen LogP contribution is -1.97. The van der Waals surface area contributed by atoms with Gasteiger partial charge in [0.25, 0.3) is 0 Å². The van der Waals surface area contributed by atoms with Gasteiger partial charge in [0.15, 0.2) is 10.8 Å². The minimum absolute atomic E-state index is 0.0471. The van der Waals surface area contributed by atoms with Gasteiger partial charge in [0.05, 0.1) is 5.52 Å². The second-order valence-electron chi connectivity index (χ2n) is 3.84. The molecule has 0 radical (unpaired) electrons. The average molecular weight is 271 g/mol. The Kier molecular flexibility index (Phi) is 2.85. The molecule has 0 spiro atoms. The van der Waals surface area contributed by atoms with Gasteiger partial charge >= 0.3 is 5.97 Å². The SMILES string of the molecule is O=C(O)c1csc(Nc2cccc3ncccc23)n1. The zero-order valence-electron chi connectivity index (χ0n) is 9.70. The number of hydrogen-bond donors (Lipinski definition) is 2. The number of nitrogens with zero attached hydrogens (tertiary/aromatic N) is 2. The fraction of sp³-hybridized carbons (Fsp3) is 0. The Morgan fingerprint density at radius 3 is 2.95 bits per heavy atom. The van der Waals surface area contributed by atoms with Crippen molar-refractivity contribution in [2.24, 2.45) is 0 Å². The van der Waals surface area contributed by atoms with Gasteiger partial charge in [-0.3, -0.25) is 4.98 Å². The Balaban J connectivity index is 1.98. The summed E-state index contributed by atoms with van der Waals surface area (Å²) in [7, 11) is 0. The molecule has 1 aromatic carbocycles. The number of benzene rings is 1. The van der Waals surface area contributed by atoms with E-state index in [1.165, 1.54) is 16.7 Å². The van der Waals surface area contributed by atoms with Crippen molar-refractivity contribution < 1.29 is 9.90 Å². The number of aromatic carboxylic acids is 1. The van der Waals surface area contributed by atoms with Crippen LogP contribution in [0.3, 0.4) is 0 Å². The summed E-state index contributed by atoms with van der Waals surface area (Å²) in [5.74, 6) is -1.02. The van der Waals surface area contributed by atoms with E-state index in [9.17, 15) is 4.79 Å². The quantitative estimate of drug-likeness (QED) is 0.765. The van der Waals surface area contributed by atoms with E-state index < -0.39 is 5.97 Å². The third kappa shape index (κ3) is 2.25. The van der Waals surface area contributed by atoms with Crippen molar-refractivity contribution in [3.63, 3.8) is 0 Å². The molecule has 0 saturated heterocycles. The lowest BCUT2D eigenvalue weighted by Gasteiger charge is -2.06. The van der Waals surface area contributed by atoms with Crippen LogP contribution in [0, 0.1) is 0 Å². The van der Waals surface area contributed by atoms with E-state index in [4.69, 9.17) is 5.11 Å². The minimum atomic E-state index is -1.02. The molecule has 3 aromatic rings. The first-order valence-corrected chi connectivity index (χ1v) is 6.41. The molecular weight excluding hydrogens is 262 g/mol. The van der Waals surface area contributed by atoms with E-state index in [1.54, 1.807) is 6.20 Å². The normalized spacial score (nSPS) is 10.5. The van der Waals surface area contributed by atoms with Gasteiger partial charge in [-0.05, 0) is 24.3 Å². The molecule has 0 aliphatic heterocycles. The number of rotatable bonds is 3. The molecule has 0 unspecified atom stereocenters. The maximum atomic E-state index is 10.8. The molecule has 2 heterocycles. The Morgan fingerprint density at radius 2 is 2.16 bits per heavy atom. The fourth-order valence-corrected chi connectivity index (χ4v) is 2.45. The van der Waals surface area contributed by atoms with Gasteiger partial charge in [-0.25, -0.2) is 9.78 Å². The molecule has 2 aromatic heterocycles. The zero-order valence-corrected chi connectivity index (χ0v) is 10.5. The number of thiazole rings is 1. The molecule has 5 nitrogen and oxygen atoms in total. The number of pyridine rings is 1. The number of fused-ring (bicyclic) bond motifs is 1. The Labute approximate surface area is 112 Å². The Morgan fingerprint density at radius 1 is 1.26 bits per heavy atom. The van der Waals surface area contributed by atoms with Crippen LogP contribution in [0.1, 0.15) is 10.5 Å². The van der Waals surface area contributed by atoms with Crippen LogP contribution in [-0.2, 0) is 0 Å². The third-order valence-electron chi connectivity index (χ3n) is 2.61. The standard InChI is InChI=1S/C13H9N3O2S/c17-12(18)11-7-19-13(16-11)15-10-5-1-4-9-8(10)3-2-6-14-9/h1-7H,(H,15,16)(H,17,18). The molecule has 2 N–H and O–H groups in total. The summed E-state index contributed by atoms with van der Waals surface area (Å²) in [6.07, 6.45) is 1.73. The van der Waals surface area contributed by atoms with Gasteiger partial charge in [0.2, 0.25) is 0 Å². The number of anilines is 2. The van der Waals surface area contributed by atoms with Crippen molar-refractivity contribution in [1.29, 1.82) is 0 Å². The van der Waals surface area contributed by atoms with Crippen LogP contribution < -0.4 is 5.32 Å². The highest BCUT2D eigenvalue weighted by Crippen LogP contribution is 2.26. The zero-order chi connectivity index (χ0) is 13.2. The Hall–Kier alpha value is -2.47. The van der Waals surface area contributed by atoms with Gasteiger partial charge in [0.1, 0.15) is 0 Å². The molecule has 94 valence electrons. The van der Waals surface area contributed by atoms with E-state index in [2.05, 4.69) is 15.3 Å². The number of carboxylic acid groups (broad SMARTS) is 1. The van der Waals surface area contributed by atoms with Crippen LogP contribution in [0.25, 0.3) is 10.9 Å². The number of nitrogens with one attached hydrogen (secondary N) is 1. The van der Waals surface area contributed by atoms with Gasteiger partial charge in [-0.2, -0.15) is 0 Å². The van der Waals surface area contributed by atoms with Crippen LogP contribution in [0.4, 0.5) is 10.8 Å². The maximum absolute atomic E-state index is 10.8. The molecule has 0 atom stereocenters. The van der Waals surface area contributed by atoms with Gasteiger partial charge in [-0.1, -0.05) is 6.07 Å². The first-order chi connectivity index (χ1) is 9.24. The van der Waals surface area contributed by atoms with Gasteiger partial charge < -0.3 is 10.4 Å². The molecule has 0 fully saturated rings. The molecule has 3 rings (SSSR count). The Bertz CT molecular complexity index is 749. The van der Waals surface area contributed by atoms with Crippen molar-refractivity contribution in [3.05, 3.63) is 47.6 Å².